The summed E-state index contributed by atoms with van der Waals surface area (Å²) in [5, 5.41) is 4.37. The lowest BCUT2D eigenvalue weighted by Gasteiger charge is -2.28. The van der Waals surface area contributed by atoms with E-state index in [9.17, 15) is 0 Å². The maximum atomic E-state index is 5.78. The van der Waals surface area contributed by atoms with Crippen molar-refractivity contribution in [2.24, 2.45) is 0 Å². The number of nitrogens with one attached hydrogen (secondary N) is 1. The van der Waals surface area contributed by atoms with Crippen molar-refractivity contribution >= 4 is 17.3 Å². The van der Waals surface area contributed by atoms with Crippen LogP contribution in [0.3, 0.4) is 0 Å². The van der Waals surface area contributed by atoms with Gasteiger partial charge in [-0.2, -0.15) is 0 Å². The Morgan fingerprint density at radius 3 is 2.55 bits per heavy atom. The maximum Gasteiger partial charge on any atom is 0.170 e. The Morgan fingerprint density at radius 2 is 1.90 bits per heavy atom. The molecule has 5 nitrogen and oxygen atoms in total. The molecule has 0 aliphatic carbocycles. The number of aryl methyl sites for hydroxylation is 1. The summed E-state index contributed by atoms with van der Waals surface area (Å²) in [6.45, 7) is 7.50. The van der Waals surface area contributed by atoms with Crippen LogP contribution in [-0.4, -0.2) is 33.2 Å². The molecule has 2 unspecified atom stereocenters. The Labute approximate surface area is 190 Å². The van der Waals surface area contributed by atoms with Crippen LogP contribution >= 0.6 is 12.2 Å². The summed E-state index contributed by atoms with van der Waals surface area (Å²) in [7, 11) is 1.69. The lowest BCUT2D eigenvalue weighted by Crippen LogP contribution is -2.30. The molecular weight excluding hydrogens is 404 g/mol. The predicted octanol–water partition coefficient (Wildman–Crippen LogP) is 5.27. The van der Waals surface area contributed by atoms with E-state index in [2.05, 4.69) is 64.8 Å². The third-order valence-electron chi connectivity index (χ3n) is 6.07. The zero-order chi connectivity index (χ0) is 22.0. The average Bonchev–Trinajstić information content (AvgIpc) is 3.27. The Bertz CT molecular complexity index is 1050. The molecule has 4 rings (SSSR count). The highest BCUT2D eigenvalue weighted by Crippen LogP contribution is 2.41. The number of methoxy groups -OCH3 is 1. The van der Waals surface area contributed by atoms with Crippen molar-refractivity contribution in [2.45, 2.75) is 45.7 Å². The smallest absolute Gasteiger partial charge is 0.170 e. The molecule has 2 atom stereocenters. The summed E-state index contributed by atoms with van der Waals surface area (Å²) >= 11 is 5.78. The molecule has 1 aliphatic heterocycles. The normalized spacial score (nSPS) is 18.3. The lowest BCUT2D eigenvalue weighted by atomic mass is 9.96. The summed E-state index contributed by atoms with van der Waals surface area (Å²) in [6, 6.07) is 16.7. The number of ether oxygens (including phenoxy) is 1. The standard InChI is InChI=1S/C25H30N4OS/c1-5-6-15-28-24(23(27-25(28)31)22-9-7-8-14-26-22)21-16-17(2)29(18(21)3)19-10-12-20(30-4)13-11-19/h7-14,16,23-24H,5-6,15H2,1-4H3,(H,27,31). The third kappa shape index (κ3) is 4.04. The molecule has 1 aromatic carbocycles. The number of rotatable bonds is 7. The van der Waals surface area contributed by atoms with Crippen LogP contribution < -0.4 is 10.1 Å². The molecule has 6 heteroatoms. The number of pyridine rings is 1. The molecule has 2 aromatic heterocycles. The molecule has 0 spiro atoms. The quantitative estimate of drug-likeness (QED) is 0.513. The molecule has 3 aromatic rings. The van der Waals surface area contributed by atoms with E-state index in [-0.39, 0.29) is 12.1 Å². The van der Waals surface area contributed by atoms with Crippen molar-refractivity contribution < 1.29 is 4.74 Å². The molecule has 162 valence electrons. The van der Waals surface area contributed by atoms with Crippen LogP contribution in [-0.2, 0) is 0 Å². The average molecular weight is 435 g/mol. The molecule has 3 heterocycles. The number of thiocarbonyl (C=S) groups is 1. The van der Waals surface area contributed by atoms with Crippen LogP contribution in [0.1, 0.15) is 54.5 Å². The first-order valence-electron chi connectivity index (χ1n) is 10.9. The van der Waals surface area contributed by atoms with Gasteiger partial charge in [0, 0.05) is 29.8 Å². The molecule has 1 N–H and O–H groups in total. The number of hydrogen-bond acceptors (Lipinski definition) is 3. The second kappa shape index (κ2) is 9.10. The zero-order valence-corrected chi connectivity index (χ0v) is 19.4. The first-order chi connectivity index (χ1) is 15.0. The van der Waals surface area contributed by atoms with E-state index in [1.807, 2.05) is 30.5 Å². The fraction of sp³-hybridized carbons (Fsp3) is 0.360. The number of unbranched alkanes of at least 4 members (excludes halogenated alkanes) is 1. The minimum absolute atomic E-state index is 0.0235. The first-order valence-corrected chi connectivity index (χ1v) is 11.3. The van der Waals surface area contributed by atoms with Gasteiger partial charge in [0.2, 0.25) is 0 Å². The monoisotopic (exact) mass is 434 g/mol. The van der Waals surface area contributed by atoms with Crippen molar-refractivity contribution in [2.75, 3.05) is 13.7 Å². The Morgan fingerprint density at radius 1 is 1.13 bits per heavy atom. The second-order valence-electron chi connectivity index (χ2n) is 8.03. The largest absolute Gasteiger partial charge is 0.497 e. The number of benzene rings is 1. The molecule has 0 amide bonds. The van der Waals surface area contributed by atoms with E-state index in [4.69, 9.17) is 17.0 Å². The fourth-order valence-electron chi connectivity index (χ4n) is 4.53. The highest BCUT2D eigenvalue weighted by atomic mass is 32.1. The molecule has 31 heavy (non-hydrogen) atoms. The molecule has 0 radical (unpaired) electrons. The van der Waals surface area contributed by atoms with E-state index >= 15 is 0 Å². The van der Waals surface area contributed by atoms with E-state index in [1.54, 1.807) is 7.11 Å². The summed E-state index contributed by atoms with van der Waals surface area (Å²) < 4.78 is 7.64. The molecule has 0 bridgehead atoms. The Balaban J connectivity index is 1.79. The van der Waals surface area contributed by atoms with E-state index in [0.29, 0.717) is 0 Å². The van der Waals surface area contributed by atoms with Crippen molar-refractivity contribution in [1.82, 2.24) is 19.8 Å². The van der Waals surface area contributed by atoms with Crippen LogP contribution in [0, 0.1) is 13.8 Å². The van der Waals surface area contributed by atoms with Crippen LogP contribution in [0.25, 0.3) is 5.69 Å². The highest BCUT2D eigenvalue weighted by molar-refractivity contribution is 7.80. The van der Waals surface area contributed by atoms with Gasteiger partial charge in [-0.05, 0) is 80.5 Å². The van der Waals surface area contributed by atoms with Crippen molar-refractivity contribution in [3.8, 4) is 11.4 Å². The third-order valence-corrected chi connectivity index (χ3v) is 6.42. The zero-order valence-electron chi connectivity index (χ0n) is 18.6. The molecule has 1 fully saturated rings. The van der Waals surface area contributed by atoms with Gasteiger partial charge in [-0.25, -0.2) is 0 Å². The van der Waals surface area contributed by atoms with E-state index < -0.39 is 0 Å². The van der Waals surface area contributed by atoms with Crippen LogP contribution in [0.4, 0.5) is 0 Å². The van der Waals surface area contributed by atoms with Crippen LogP contribution in [0.5, 0.6) is 5.75 Å². The van der Waals surface area contributed by atoms with Crippen molar-refractivity contribution in [1.29, 1.82) is 0 Å². The van der Waals surface area contributed by atoms with Crippen molar-refractivity contribution in [3.05, 3.63) is 77.4 Å². The van der Waals surface area contributed by atoms with E-state index in [1.165, 1.54) is 17.0 Å². The number of aromatic nitrogens is 2. The van der Waals surface area contributed by atoms with Gasteiger partial charge >= 0.3 is 0 Å². The fourth-order valence-corrected chi connectivity index (χ4v) is 4.86. The van der Waals surface area contributed by atoms with Gasteiger partial charge in [0.1, 0.15) is 5.75 Å². The molecule has 1 aliphatic rings. The highest BCUT2D eigenvalue weighted by Gasteiger charge is 2.41. The summed E-state index contributed by atoms with van der Waals surface area (Å²) in [6.07, 6.45) is 4.09. The number of hydrogen-bond donors (Lipinski definition) is 1. The van der Waals surface area contributed by atoms with Gasteiger partial charge < -0.3 is 19.5 Å². The minimum Gasteiger partial charge on any atom is -0.497 e. The predicted molar refractivity (Wildman–Crippen MR) is 129 cm³/mol. The lowest BCUT2D eigenvalue weighted by molar-refractivity contribution is 0.312. The summed E-state index contributed by atoms with van der Waals surface area (Å²) in [5.41, 5.74) is 5.85. The van der Waals surface area contributed by atoms with Gasteiger partial charge in [-0.3, -0.25) is 4.98 Å². The maximum absolute atomic E-state index is 5.78. The topological polar surface area (TPSA) is 42.3 Å². The van der Waals surface area contributed by atoms with Gasteiger partial charge in [0.25, 0.3) is 0 Å². The summed E-state index contributed by atoms with van der Waals surface area (Å²) in [4.78, 5) is 7.00. The Hall–Kier alpha value is -2.86. The second-order valence-corrected chi connectivity index (χ2v) is 8.42. The molecule has 0 saturated carbocycles. The van der Waals surface area contributed by atoms with Gasteiger partial charge in [0.05, 0.1) is 24.9 Å². The molecule has 1 saturated heterocycles. The number of nitrogens with zero attached hydrogens (tertiary/aromatic N) is 3. The SMILES string of the molecule is CCCCN1C(=S)NC(c2ccccn2)C1c1cc(C)n(-c2ccc(OC)cc2)c1C. The van der Waals surface area contributed by atoms with Gasteiger partial charge in [-0.1, -0.05) is 19.4 Å². The van der Waals surface area contributed by atoms with Crippen molar-refractivity contribution in [3.63, 3.8) is 0 Å². The minimum atomic E-state index is 0.0235. The summed E-state index contributed by atoms with van der Waals surface area (Å²) in [5.74, 6) is 0.859. The van der Waals surface area contributed by atoms with Crippen LogP contribution in [0.15, 0.2) is 54.7 Å². The first kappa shape index (κ1) is 21.4. The Kier molecular flexibility index (Phi) is 6.28. The molecular formula is C25H30N4OS. The van der Waals surface area contributed by atoms with E-state index in [0.717, 1.165) is 41.6 Å². The van der Waals surface area contributed by atoms with Crippen LogP contribution in [0.2, 0.25) is 0 Å². The van der Waals surface area contributed by atoms with Gasteiger partial charge in [0.15, 0.2) is 5.11 Å². The van der Waals surface area contributed by atoms with Gasteiger partial charge in [-0.15, -0.1) is 0 Å².